The summed E-state index contributed by atoms with van der Waals surface area (Å²) >= 11 is 2.98. The molecule has 0 unspecified atom stereocenters. The molecule has 1 amide bonds. The maximum absolute atomic E-state index is 13.9. The first-order valence-corrected chi connectivity index (χ1v) is 15.2. The van der Waals surface area contributed by atoms with Gasteiger partial charge in [-0.2, -0.15) is 11.8 Å². The van der Waals surface area contributed by atoms with Crippen molar-refractivity contribution in [1.29, 1.82) is 0 Å². The van der Waals surface area contributed by atoms with Gasteiger partial charge in [0.05, 0.1) is 17.5 Å². The van der Waals surface area contributed by atoms with Gasteiger partial charge in [-0.05, 0) is 77.4 Å². The Bertz CT molecular complexity index is 1480. The zero-order chi connectivity index (χ0) is 29.4. The first-order valence-electron chi connectivity index (χ1n) is 13.0. The smallest absolute Gasteiger partial charge is 0.548 e. The molecular formula is C31H30F2LiN3O3S2. The van der Waals surface area contributed by atoms with E-state index in [1.807, 2.05) is 54.5 Å². The number of carboxylic acid groups (broad SMARTS) is 1. The van der Waals surface area contributed by atoms with Crippen molar-refractivity contribution in [3.05, 3.63) is 111 Å². The molecule has 0 saturated carbocycles. The number of hydrogen-bond acceptors (Lipinski definition) is 7. The zero-order valence-corrected chi connectivity index (χ0v) is 25.4. The van der Waals surface area contributed by atoms with Crippen LogP contribution in [0.5, 0.6) is 0 Å². The number of rotatable bonds is 13. The van der Waals surface area contributed by atoms with Gasteiger partial charge in [-0.15, -0.1) is 11.3 Å². The molecule has 42 heavy (non-hydrogen) atoms. The summed E-state index contributed by atoms with van der Waals surface area (Å²) in [4.78, 5) is 32.3. The summed E-state index contributed by atoms with van der Waals surface area (Å²) < 4.78 is 27.9. The Morgan fingerprint density at radius 1 is 1.00 bits per heavy atom. The van der Waals surface area contributed by atoms with Crippen LogP contribution in [0.2, 0.25) is 0 Å². The summed E-state index contributed by atoms with van der Waals surface area (Å²) in [5.41, 5.74) is 5.91. The van der Waals surface area contributed by atoms with Crippen molar-refractivity contribution in [1.82, 2.24) is 15.2 Å². The summed E-state index contributed by atoms with van der Waals surface area (Å²) in [6.45, 7) is 3.16. The van der Waals surface area contributed by atoms with Gasteiger partial charge in [-0.25, -0.2) is 8.78 Å². The van der Waals surface area contributed by atoms with Crippen molar-refractivity contribution in [2.75, 3.05) is 12.0 Å². The summed E-state index contributed by atoms with van der Waals surface area (Å²) in [5.74, 6) is -2.53. The molecule has 0 fully saturated rings. The van der Waals surface area contributed by atoms with Gasteiger partial charge >= 0.3 is 18.9 Å². The minimum Gasteiger partial charge on any atom is -0.548 e. The van der Waals surface area contributed by atoms with E-state index in [0.717, 1.165) is 27.6 Å². The average Bonchev–Trinajstić information content (AvgIpc) is 3.43. The molecule has 0 aliphatic carbocycles. The Balaban J connectivity index is 0.00000484. The van der Waals surface area contributed by atoms with Gasteiger partial charge in [0.1, 0.15) is 11.6 Å². The van der Waals surface area contributed by atoms with Crippen LogP contribution < -0.4 is 29.3 Å². The van der Waals surface area contributed by atoms with Crippen molar-refractivity contribution in [3.63, 3.8) is 0 Å². The number of carboxylic acids is 1. The van der Waals surface area contributed by atoms with Crippen LogP contribution in [0.1, 0.15) is 38.3 Å². The number of nitrogens with zero attached hydrogens (tertiary/aromatic N) is 2. The third-order valence-corrected chi connectivity index (χ3v) is 7.97. The quantitative estimate of drug-likeness (QED) is 0.237. The third kappa shape index (κ3) is 9.25. The van der Waals surface area contributed by atoms with E-state index in [1.54, 1.807) is 17.8 Å². The van der Waals surface area contributed by atoms with E-state index in [-0.39, 0.29) is 31.8 Å². The Morgan fingerprint density at radius 2 is 1.71 bits per heavy atom. The molecule has 0 spiro atoms. The molecule has 1 aromatic heterocycles. The molecule has 4 rings (SSSR count). The number of amides is 1. The van der Waals surface area contributed by atoms with E-state index in [4.69, 9.17) is 0 Å². The Labute approximate surface area is 264 Å². The van der Waals surface area contributed by atoms with E-state index in [2.05, 4.69) is 10.3 Å². The molecule has 0 aliphatic rings. The molecule has 4 aromatic rings. The Morgan fingerprint density at radius 3 is 2.36 bits per heavy atom. The second kappa shape index (κ2) is 16.0. The van der Waals surface area contributed by atoms with E-state index in [9.17, 15) is 23.5 Å². The molecule has 0 aliphatic heterocycles. The second-order valence-electron chi connectivity index (χ2n) is 9.71. The first-order chi connectivity index (χ1) is 19.7. The molecule has 0 bridgehead atoms. The molecule has 214 valence electrons. The number of nitrogens with one attached hydrogen (secondary N) is 1. The number of hydrogen-bond donors (Lipinski definition) is 1. The number of carbonyl (C=O) groups excluding carboxylic acids is 2. The molecule has 1 heterocycles. The molecular weight excluding hydrogens is 571 g/mol. The van der Waals surface area contributed by atoms with Crippen LogP contribution >= 0.6 is 23.1 Å². The number of aromatic nitrogens is 1. The predicted octanol–water partition coefficient (Wildman–Crippen LogP) is 2.20. The van der Waals surface area contributed by atoms with E-state index >= 15 is 0 Å². The molecule has 11 heteroatoms. The Hall–Kier alpha value is -3.00. The number of halogens is 2. The number of carbonyl (C=O) groups is 2. The molecule has 1 N–H and O–H groups in total. The summed E-state index contributed by atoms with van der Waals surface area (Å²) in [6, 6.07) is 15.5. The fraction of sp³-hybridized carbons (Fsp3) is 0.258. The fourth-order valence-corrected chi connectivity index (χ4v) is 5.74. The van der Waals surface area contributed by atoms with E-state index in [1.165, 1.54) is 35.2 Å². The fourth-order valence-electron chi connectivity index (χ4n) is 4.63. The number of aryl methyl sites for hydroxylation is 1. The maximum Gasteiger partial charge on any atom is 1.00 e. The van der Waals surface area contributed by atoms with Crippen molar-refractivity contribution >= 4 is 35.0 Å². The molecule has 6 nitrogen and oxygen atoms in total. The van der Waals surface area contributed by atoms with E-state index in [0.29, 0.717) is 35.5 Å². The number of benzene rings is 3. The van der Waals surface area contributed by atoms with Crippen molar-refractivity contribution in [3.8, 4) is 11.1 Å². The second-order valence-corrected chi connectivity index (χ2v) is 11.7. The van der Waals surface area contributed by atoms with Crippen LogP contribution in [0.4, 0.5) is 8.78 Å². The van der Waals surface area contributed by atoms with Gasteiger partial charge in [0, 0.05) is 42.3 Å². The minimum absolute atomic E-state index is 0. The van der Waals surface area contributed by atoms with Crippen LogP contribution in [0, 0.1) is 18.6 Å². The van der Waals surface area contributed by atoms with Crippen molar-refractivity contribution < 1.29 is 42.3 Å². The van der Waals surface area contributed by atoms with Gasteiger partial charge in [0.15, 0.2) is 0 Å². The number of thiazole rings is 1. The summed E-state index contributed by atoms with van der Waals surface area (Å²) in [7, 11) is 0. The van der Waals surface area contributed by atoms with Crippen LogP contribution in [0.3, 0.4) is 0 Å². The SMILES string of the molecule is CSCC[C@H](NC(=O)c1ccc(CN(Cc2cc(F)cc(F)c2)Cc2cncs2)cc1-c1ccccc1C)C(=O)[O-].[Li+]. The maximum atomic E-state index is 13.9. The van der Waals surface area contributed by atoms with Crippen molar-refractivity contribution in [2.45, 2.75) is 39.0 Å². The predicted molar refractivity (Wildman–Crippen MR) is 157 cm³/mol. The van der Waals surface area contributed by atoms with Crippen molar-refractivity contribution in [2.24, 2.45) is 0 Å². The van der Waals surface area contributed by atoms with Gasteiger partial charge in [-0.3, -0.25) is 14.7 Å². The van der Waals surface area contributed by atoms with Gasteiger partial charge in [0.25, 0.3) is 5.91 Å². The first kappa shape index (κ1) is 33.5. The molecule has 1 atom stereocenters. The minimum atomic E-state index is -1.33. The number of thioether (sulfide) groups is 1. The zero-order valence-electron chi connectivity index (χ0n) is 23.7. The summed E-state index contributed by atoms with van der Waals surface area (Å²) in [5, 5.41) is 14.3. The van der Waals surface area contributed by atoms with Gasteiger partial charge in [0.2, 0.25) is 0 Å². The monoisotopic (exact) mass is 601 g/mol. The average molecular weight is 602 g/mol. The van der Waals surface area contributed by atoms with E-state index < -0.39 is 29.6 Å². The number of aliphatic carboxylic acids is 1. The summed E-state index contributed by atoms with van der Waals surface area (Å²) in [6.07, 6.45) is 3.88. The van der Waals surface area contributed by atoms with Crippen LogP contribution in [-0.4, -0.2) is 39.8 Å². The third-order valence-electron chi connectivity index (χ3n) is 6.56. The molecule has 3 aromatic carbocycles. The molecule has 0 saturated heterocycles. The largest absolute Gasteiger partial charge is 1.00 e. The van der Waals surface area contributed by atoms with Gasteiger partial charge in [-0.1, -0.05) is 30.3 Å². The van der Waals surface area contributed by atoms with Gasteiger partial charge < -0.3 is 15.2 Å². The van der Waals surface area contributed by atoms with Crippen LogP contribution in [0.25, 0.3) is 11.1 Å². The normalized spacial score (nSPS) is 11.6. The standard InChI is InChI=1S/C31H31F2N3O3S2.Li/c1-20-5-3-4-6-26(20)28-13-21(7-8-27(28)30(37)35-29(31(38)39)9-10-40-2)16-36(18-25-15-34-19-41-25)17-22-11-23(32)14-24(33)12-22;/h3-8,11-15,19,29H,9-10,16-18H2,1-2H3,(H,35,37)(H,38,39);/q;+1/p-1/t29-;/m0./s1. The Kier molecular flexibility index (Phi) is 12.8. The van der Waals surface area contributed by atoms with Crippen LogP contribution in [-0.2, 0) is 24.4 Å². The molecule has 0 radical (unpaired) electrons. The topological polar surface area (TPSA) is 85.4 Å². The van der Waals surface area contributed by atoms with Crippen LogP contribution in [0.15, 0.2) is 72.4 Å².